The Balaban J connectivity index is 1.96. The molecule has 2 N–H and O–H groups in total. The highest BCUT2D eigenvalue weighted by molar-refractivity contribution is 5.84. The summed E-state index contributed by atoms with van der Waals surface area (Å²) in [6.07, 6.45) is 2.39. The van der Waals surface area contributed by atoms with E-state index in [4.69, 9.17) is 9.84 Å². The van der Waals surface area contributed by atoms with Crippen LogP contribution in [0.15, 0.2) is 24.3 Å². The molecule has 1 amide bonds. The van der Waals surface area contributed by atoms with Gasteiger partial charge in [-0.05, 0) is 30.7 Å². The molecule has 0 aromatic heterocycles. The summed E-state index contributed by atoms with van der Waals surface area (Å²) in [5.41, 5.74) is 0.984. The monoisotopic (exact) mass is 291 g/mol. The van der Waals surface area contributed by atoms with Crippen LogP contribution in [0, 0.1) is 5.41 Å². The van der Waals surface area contributed by atoms with E-state index in [1.165, 1.54) is 0 Å². The smallest absolute Gasteiger partial charge is 0.227 e. The zero-order valence-corrected chi connectivity index (χ0v) is 12.9. The summed E-state index contributed by atoms with van der Waals surface area (Å²) in [5, 5.41) is 12.0. The first-order valence-electron chi connectivity index (χ1n) is 7.64. The quantitative estimate of drug-likeness (QED) is 0.846. The molecule has 4 nitrogen and oxygen atoms in total. The average Bonchev–Trinajstić information content (AvgIpc) is 2.50. The van der Waals surface area contributed by atoms with Crippen LogP contribution in [-0.4, -0.2) is 30.8 Å². The van der Waals surface area contributed by atoms with Gasteiger partial charge in [0.2, 0.25) is 5.91 Å². The maximum absolute atomic E-state index is 12.5. The van der Waals surface area contributed by atoms with Gasteiger partial charge in [-0.15, -0.1) is 0 Å². The van der Waals surface area contributed by atoms with Crippen molar-refractivity contribution < 1.29 is 14.6 Å². The summed E-state index contributed by atoms with van der Waals surface area (Å²) in [6, 6.07) is 7.76. The van der Waals surface area contributed by atoms with Crippen molar-refractivity contribution in [2.75, 3.05) is 19.8 Å². The summed E-state index contributed by atoms with van der Waals surface area (Å²) in [4.78, 5) is 12.5. The van der Waals surface area contributed by atoms with E-state index >= 15 is 0 Å². The van der Waals surface area contributed by atoms with Crippen molar-refractivity contribution in [3.05, 3.63) is 29.8 Å². The number of aliphatic hydroxyl groups excluding tert-OH is 1. The van der Waals surface area contributed by atoms with Crippen molar-refractivity contribution >= 4 is 5.91 Å². The van der Waals surface area contributed by atoms with Crippen LogP contribution in [0.25, 0.3) is 0 Å². The van der Waals surface area contributed by atoms with Crippen LogP contribution in [0.1, 0.15) is 44.6 Å². The first kappa shape index (κ1) is 15.8. The third-order valence-electron chi connectivity index (χ3n) is 4.03. The fraction of sp³-hybridized carbons (Fsp3) is 0.588. The SMILES string of the molecule is CC(C)(CCCO)CNC(=O)C1CCOc2ccccc21. The average molecular weight is 291 g/mol. The fourth-order valence-corrected chi connectivity index (χ4v) is 2.71. The highest BCUT2D eigenvalue weighted by Gasteiger charge is 2.28. The number of para-hydroxylation sites is 1. The van der Waals surface area contributed by atoms with Gasteiger partial charge in [0, 0.05) is 18.7 Å². The van der Waals surface area contributed by atoms with E-state index in [1.54, 1.807) is 0 Å². The van der Waals surface area contributed by atoms with Gasteiger partial charge in [-0.3, -0.25) is 4.79 Å². The second-order valence-electron chi connectivity index (χ2n) is 6.44. The molecular weight excluding hydrogens is 266 g/mol. The number of aliphatic hydroxyl groups is 1. The minimum absolute atomic E-state index is 0.00305. The van der Waals surface area contributed by atoms with Crippen molar-refractivity contribution in [2.45, 2.75) is 39.0 Å². The summed E-state index contributed by atoms with van der Waals surface area (Å²) in [6.45, 7) is 5.64. The van der Waals surface area contributed by atoms with E-state index in [0.29, 0.717) is 13.2 Å². The number of ether oxygens (including phenoxy) is 1. The zero-order valence-electron chi connectivity index (χ0n) is 12.9. The third kappa shape index (κ3) is 4.21. The highest BCUT2D eigenvalue weighted by Crippen LogP contribution is 2.33. The van der Waals surface area contributed by atoms with E-state index in [2.05, 4.69) is 19.2 Å². The Labute approximate surface area is 126 Å². The first-order valence-corrected chi connectivity index (χ1v) is 7.64. The van der Waals surface area contributed by atoms with Crippen LogP contribution in [0.5, 0.6) is 5.75 Å². The number of carbonyl (C=O) groups excluding carboxylic acids is 1. The van der Waals surface area contributed by atoms with Crippen molar-refractivity contribution in [1.29, 1.82) is 0 Å². The van der Waals surface area contributed by atoms with Gasteiger partial charge >= 0.3 is 0 Å². The Morgan fingerprint density at radius 3 is 2.95 bits per heavy atom. The van der Waals surface area contributed by atoms with Gasteiger partial charge in [-0.25, -0.2) is 0 Å². The molecule has 0 fully saturated rings. The van der Waals surface area contributed by atoms with Crippen molar-refractivity contribution in [1.82, 2.24) is 5.32 Å². The second kappa shape index (κ2) is 6.94. The Bertz CT molecular complexity index is 485. The second-order valence-corrected chi connectivity index (χ2v) is 6.44. The van der Waals surface area contributed by atoms with Gasteiger partial charge in [0.15, 0.2) is 0 Å². The van der Waals surface area contributed by atoms with Gasteiger partial charge in [0.1, 0.15) is 5.75 Å². The number of hydrogen-bond donors (Lipinski definition) is 2. The van der Waals surface area contributed by atoms with Crippen LogP contribution >= 0.6 is 0 Å². The molecule has 116 valence electrons. The minimum Gasteiger partial charge on any atom is -0.493 e. The van der Waals surface area contributed by atoms with Crippen molar-refractivity contribution in [2.24, 2.45) is 5.41 Å². The molecule has 0 saturated heterocycles. The Morgan fingerprint density at radius 1 is 1.43 bits per heavy atom. The lowest BCUT2D eigenvalue weighted by atomic mass is 9.87. The van der Waals surface area contributed by atoms with Crippen molar-refractivity contribution in [3.63, 3.8) is 0 Å². The molecule has 2 rings (SSSR count). The van der Waals surface area contributed by atoms with Gasteiger partial charge in [-0.2, -0.15) is 0 Å². The largest absolute Gasteiger partial charge is 0.493 e. The Kier molecular flexibility index (Phi) is 5.23. The lowest BCUT2D eigenvalue weighted by molar-refractivity contribution is -0.123. The molecule has 0 aliphatic carbocycles. The van der Waals surface area contributed by atoms with Gasteiger partial charge in [-0.1, -0.05) is 32.0 Å². The van der Waals surface area contributed by atoms with E-state index in [0.717, 1.165) is 30.6 Å². The number of benzene rings is 1. The zero-order chi connectivity index (χ0) is 15.3. The van der Waals surface area contributed by atoms with Crippen LogP contribution in [0.4, 0.5) is 0 Å². The number of nitrogens with one attached hydrogen (secondary N) is 1. The van der Waals surface area contributed by atoms with Crippen LogP contribution < -0.4 is 10.1 Å². The number of rotatable bonds is 6. The Morgan fingerprint density at radius 2 is 2.19 bits per heavy atom. The third-order valence-corrected chi connectivity index (χ3v) is 4.03. The molecule has 0 radical (unpaired) electrons. The van der Waals surface area contributed by atoms with Crippen LogP contribution in [-0.2, 0) is 4.79 Å². The molecule has 0 spiro atoms. The molecule has 1 aromatic rings. The van der Waals surface area contributed by atoms with Gasteiger partial charge in [0.05, 0.1) is 12.5 Å². The molecule has 1 heterocycles. The summed E-state index contributed by atoms with van der Waals surface area (Å²) in [7, 11) is 0. The fourth-order valence-electron chi connectivity index (χ4n) is 2.71. The lowest BCUT2D eigenvalue weighted by Crippen LogP contribution is -2.38. The maximum atomic E-state index is 12.5. The molecule has 1 aromatic carbocycles. The number of hydrogen-bond acceptors (Lipinski definition) is 3. The standard InChI is InChI=1S/C17H25NO3/c1-17(2,9-5-10-19)12-18-16(20)14-8-11-21-15-7-4-3-6-13(14)15/h3-4,6-7,14,19H,5,8-12H2,1-2H3,(H,18,20). The van der Waals surface area contributed by atoms with Gasteiger partial charge < -0.3 is 15.2 Å². The molecule has 1 unspecified atom stereocenters. The van der Waals surface area contributed by atoms with Crippen LogP contribution in [0.2, 0.25) is 0 Å². The molecule has 0 saturated carbocycles. The molecule has 0 bridgehead atoms. The van der Waals surface area contributed by atoms with Gasteiger partial charge in [0.25, 0.3) is 0 Å². The Hall–Kier alpha value is -1.55. The maximum Gasteiger partial charge on any atom is 0.227 e. The van der Waals surface area contributed by atoms with Crippen LogP contribution in [0.3, 0.4) is 0 Å². The summed E-state index contributed by atoms with van der Waals surface area (Å²) >= 11 is 0. The molecule has 4 heteroatoms. The predicted molar refractivity (Wildman–Crippen MR) is 82.4 cm³/mol. The molecule has 1 atom stereocenters. The molecule has 1 aliphatic heterocycles. The van der Waals surface area contributed by atoms with E-state index in [1.807, 2.05) is 24.3 Å². The highest BCUT2D eigenvalue weighted by atomic mass is 16.5. The predicted octanol–water partition coefficient (Wildman–Crippen LogP) is 2.47. The number of fused-ring (bicyclic) bond motifs is 1. The summed E-state index contributed by atoms with van der Waals surface area (Å²) < 4.78 is 5.59. The number of amides is 1. The van der Waals surface area contributed by atoms with E-state index in [-0.39, 0.29) is 23.8 Å². The minimum atomic E-state index is -0.122. The number of carbonyl (C=O) groups is 1. The normalized spacial score (nSPS) is 17.8. The topological polar surface area (TPSA) is 58.6 Å². The summed E-state index contributed by atoms with van der Waals surface area (Å²) in [5.74, 6) is 0.773. The first-order chi connectivity index (χ1) is 10.0. The molecule has 1 aliphatic rings. The molecular formula is C17H25NO3. The van der Waals surface area contributed by atoms with E-state index in [9.17, 15) is 4.79 Å². The van der Waals surface area contributed by atoms with Crippen molar-refractivity contribution in [3.8, 4) is 5.75 Å². The lowest BCUT2D eigenvalue weighted by Gasteiger charge is -2.28. The molecule has 21 heavy (non-hydrogen) atoms. The van der Waals surface area contributed by atoms with E-state index < -0.39 is 0 Å².